The summed E-state index contributed by atoms with van der Waals surface area (Å²) in [6.07, 6.45) is 2.59. The molecule has 5 nitrogen and oxygen atoms in total. The maximum atomic E-state index is 5.36. The zero-order valence-electron chi connectivity index (χ0n) is 12.5. The number of rotatable bonds is 5. The van der Waals surface area contributed by atoms with Crippen LogP contribution in [0.2, 0.25) is 0 Å². The molecule has 112 valence electrons. The highest BCUT2D eigenvalue weighted by Gasteiger charge is 2.26. The minimum absolute atomic E-state index is 0.723. The molecule has 0 unspecified atom stereocenters. The first-order chi connectivity index (χ1) is 10.8. The molecule has 2 N–H and O–H groups in total. The molecule has 1 aliphatic rings. The van der Waals surface area contributed by atoms with Crippen LogP contribution in [-0.4, -0.2) is 22.5 Å². The number of benzene rings is 2. The van der Waals surface area contributed by atoms with Gasteiger partial charge in [-0.1, -0.05) is 6.07 Å². The van der Waals surface area contributed by atoms with Crippen molar-refractivity contribution in [2.75, 3.05) is 12.4 Å². The molecule has 1 heterocycles. The lowest BCUT2D eigenvalue weighted by molar-refractivity contribution is 0.414. The van der Waals surface area contributed by atoms with Crippen molar-refractivity contribution >= 4 is 16.7 Å². The topological polar surface area (TPSA) is 62.8 Å². The quantitative estimate of drug-likeness (QED) is 0.756. The number of H-pyrrole nitrogens is 1. The van der Waals surface area contributed by atoms with E-state index in [1.807, 2.05) is 18.2 Å². The molecule has 22 heavy (non-hydrogen) atoms. The number of aromatic nitrogens is 3. The smallest absolute Gasteiger partial charge is 0.119 e. The van der Waals surface area contributed by atoms with E-state index in [1.165, 1.54) is 24.0 Å². The van der Waals surface area contributed by atoms with Gasteiger partial charge in [-0.2, -0.15) is 15.4 Å². The van der Waals surface area contributed by atoms with Crippen LogP contribution in [0.4, 0.5) is 5.69 Å². The Hall–Kier alpha value is -2.56. The van der Waals surface area contributed by atoms with E-state index in [4.69, 9.17) is 4.74 Å². The zero-order chi connectivity index (χ0) is 14.9. The Balaban J connectivity index is 1.57. The van der Waals surface area contributed by atoms with Crippen LogP contribution in [0.1, 0.15) is 29.9 Å². The van der Waals surface area contributed by atoms with Crippen molar-refractivity contribution in [1.29, 1.82) is 0 Å². The third-order valence-electron chi connectivity index (χ3n) is 4.17. The monoisotopic (exact) mass is 294 g/mol. The van der Waals surface area contributed by atoms with Crippen molar-refractivity contribution in [3.05, 3.63) is 47.5 Å². The van der Waals surface area contributed by atoms with Crippen molar-refractivity contribution in [1.82, 2.24) is 15.4 Å². The maximum absolute atomic E-state index is 5.36. The van der Waals surface area contributed by atoms with Gasteiger partial charge in [-0.15, -0.1) is 0 Å². The summed E-state index contributed by atoms with van der Waals surface area (Å²) in [4.78, 5) is 0. The van der Waals surface area contributed by atoms with E-state index < -0.39 is 0 Å². The summed E-state index contributed by atoms with van der Waals surface area (Å²) >= 11 is 0. The molecule has 0 aliphatic heterocycles. The summed E-state index contributed by atoms with van der Waals surface area (Å²) in [6.45, 7) is 0.784. The highest BCUT2D eigenvalue weighted by atomic mass is 16.5. The van der Waals surface area contributed by atoms with E-state index in [0.717, 1.165) is 34.9 Å². The molecular weight excluding hydrogens is 276 g/mol. The van der Waals surface area contributed by atoms with E-state index in [0.29, 0.717) is 0 Å². The van der Waals surface area contributed by atoms with E-state index >= 15 is 0 Å². The number of anilines is 1. The lowest BCUT2D eigenvalue weighted by atomic mass is 10.0. The zero-order valence-corrected chi connectivity index (χ0v) is 12.5. The van der Waals surface area contributed by atoms with Crippen LogP contribution in [0.3, 0.4) is 0 Å². The predicted molar refractivity (Wildman–Crippen MR) is 86.2 cm³/mol. The highest BCUT2D eigenvalue weighted by Crippen LogP contribution is 2.42. The summed E-state index contributed by atoms with van der Waals surface area (Å²) in [5.74, 6) is 1.63. The molecule has 0 spiro atoms. The van der Waals surface area contributed by atoms with Crippen LogP contribution < -0.4 is 10.1 Å². The molecule has 1 saturated carbocycles. The largest absolute Gasteiger partial charge is 0.497 e. The normalized spacial score (nSPS) is 14.2. The molecule has 0 radical (unpaired) electrons. The van der Waals surface area contributed by atoms with E-state index in [1.54, 1.807) is 7.11 Å². The van der Waals surface area contributed by atoms with Gasteiger partial charge in [0.25, 0.3) is 0 Å². The number of nitrogens with one attached hydrogen (secondary N) is 2. The van der Waals surface area contributed by atoms with Gasteiger partial charge in [0.15, 0.2) is 0 Å². The Morgan fingerprint density at radius 1 is 1.14 bits per heavy atom. The second-order valence-corrected chi connectivity index (χ2v) is 5.72. The fourth-order valence-electron chi connectivity index (χ4n) is 2.80. The van der Waals surface area contributed by atoms with Gasteiger partial charge < -0.3 is 10.1 Å². The SMILES string of the molecule is COc1ccc(C2CC2)c(CNc2ccc3n[nH]nc3c2)c1. The second kappa shape index (κ2) is 5.33. The van der Waals surface area contributed by atoms with Gasteiger partial charge in [0, 0.05) is 12.2 Å². The molecule has 0 amide bonds. The number of ether oxygens (including phenoxy) is 1. The molecule has 1 aliphatic carbocycles. The lowest BCUT2D eigenvalue weighted by Gasteiger charge is -2.13. The Bertz CT molecular complexity index is 807. The summed E-state index contributed by atoms with van der Waals surface area (Å²) in [7, 11) is 1.71. The van der Waals surface area contributed by atoms with Crippen LogP contribution in [0.5, 0.6) is 5.75 Å². The Labute approximate surface area is 128 Å². The van der Waals surface area contributed by atoms with Crippen LogP contribution in [-0.2, 0) is 6.54 Å². The predicted octanol–water partition coefficient (Wildman–Crippen LogP) is 3.46. The molecule has 1 aromatic heterocycles. The fourth-order valence-corrected chi connectivity index (χ4v) is 2.80. The van der Waals surface area contributed by atoms with Gasteiger partial charge in [-0.25, -0.2) is 0 Å². The second-order valence-electron chi connectivity index (χ2n) is 5.72. The van der Waals surface area contributed by atoms with Gasteiger partial charge in [0.05, 0.1) is 7.11 Å². The van der Waals surface area contributed by atoms with E-state index in [-0.39, 0.29) is 0 Å². The minimum Gasteiger partial charge on any atom is -0.497 e. The summed E-state index contributed by atoms with van der Waals surface area (Å²) in [5, 5.41) is 14.3. The number of fused-ring (bicyclic) bond motifs is 1. The minimum atomic E-state index is 0.723. The van der Waals surface area contributed by atoms with Gasteiger partial charge in [0.2, 0.25) is 0 Å². The molecule has 5 heteroatoms. The molecule has 2 aromatic carbocycles. The van der Waals surface area contributed by atoms with Crippen molar-refractivity contribution in [2.24, 2.45) is 0 Å². The van der Waals surface area contributed by atoms with Crippen molar-refractivity contribution in [3.8, 4) is 5.75 Å². The molecule has 0 atom stereocenters. The summed E-state index contributed by atoms with van der Waals surface area (Å²) in [5.41, 5.74) is 5.55. The Morgan fingerprint density at radius 3 is 2.82 bits per heavy atom. The van der Waals surface area contributed by atoms with Crippen LogP contribution in [0.25, 0.3) is 11.0 Å². The van der Waals surface area contributed by atoms with Gasteiger partial charge in [-0.3, -0.25) is 0 Å². The number of aromatic amines is 1. The lowest BCUT2D eigenvalue weighted by Crippen LogP contribution is -2.03. The molecule has 0 bridgehead atoms. The molecule has 3 aromatic rings. The van der Waals surface area contributed by atoms with Crippen molar-refractivity contribution in [3.63, 3.8) is 0 Å². The van der Waals surface area contributed by atoms with Crippen LogP contribution >= 0.6 is 0 Å². The third-order valence-corrected chi connectivity index (χ3v) is 4.17. The van der Waals surface area contributed by atoms with Crippen LogP contribution in [0, 0.1) is 0 Å². The number of nitrogens with zero attached hydrogens (tertiary/aromatic N) is 2. The molecule has 0 saturated heterocycles. The molecule has 1 fully saturated rings. The Kier molecular flexibility index (Phi) is 3.18. The number of hydrogen-bond donors (Lipinski definition) is 2. The van der Waals surface area contributed by atoms with E-state index in [2.05, 4.69) is 38.9 Å². The fraction of sp³-hybridized carbons (Fsp3) is 0.294. The van der Waals surface area contributed by atoms with Crippen molar-refractivity contribution in [2.45, 2.75) is 25.3 Å². The molecule has 4 rings (SSSR count). The highest BCUT2D eigenvalue weighted by molar-refractivity contribution is 5.77. The average molecular weight is 294 g/mol. The third kappa shape index (κ3) is 2.50. The first kappa shape index (κ1) is 13.1. The molecular formula is C17H18N4O. The van der Waals surface area contributed by atoms with Gasteiger partial charge in [0.1, 0.15) is 16.8 Å². The van der Waals surface area contributed by atoms with Crippen LogP contribution in [0.15, 0.2) is 36.4 Å². The van der Waals surface area contributed by atoms with Gasteiger partial charge >= 0.3 is 0 Å². The summed E-state index contributed by atoms with van der Waals surface area (Å²) in [6, 6.07) is 12.4. The van der Waals surface area contributed by atoms with E-state index in [9.17, 15) is 0 Å². The maximum Gasteiger partial charge on any atom is 0.119 e. The summed E-state index contributed by atoms with van der Waals surface area (Å²) < 4.78 is 5.36. The van der Waals surface area contributed by atoms with Gasteiger partial charge in [-0.05, 0) is 60.2 Å². The first-order valence-electron chi connectivity index (χ1n) is 7.55. The standard InChI is InChI=1S/C17H18N4O/c1-22-14-5-6-15(11-2-3-11)12(8-14)10-18-13-4-7-16-17(9-13)20-21-19-16/h4-9,11,18H,2-3,10H2,1H3,(H,19,20,21). The first-order valence-corrected chi connectivity index (χ1v) is 7.55. The number of hydrogen-bond acceptors (Lipinski definition) is 4. The average Bonchev–Trinajstić information content (AvgIpc) is 3.29. The van der Waals surface area contributed by atoms with Crippen molar-refractivity contribution < 1.29 is 4.74 Å². The number of methoxy groups -OCH3 is 1. The Morgan fingerprint density at radius 2 is 2.00 bits per heavy atom.